The Morgan fingerprint density at radius 1 is 1.27 bits per heavy atom. The van der Waals surface area contributed by atoms with Crippen LogP contribution in [-0.4, -0.2) is 66.4 Å². The Labute approximate surface area is 176 Å². The Balaban J connectivity index is 1.78. The second-order valence-corrected chi connectivity index (χ2v) is 9.56. The molecular weight excluding hydrogens is 414 g/mol. The minimum absolute atomic E-state index is 0.0176. The third-order valence-electron chi connectivity index (χ3n) is 4.75. The predicted molar refractivity (Wildman–Crippen MR) is 107 cm³/mol. The van der Waals surface area contributed by atoms with Crippen LogP contribution >= 0.6 is 0 Å². The second kappa shape index (κ2) is 10.0. The van der Waals surface area contributed by atoms with Crippen LogP contribution in [0.1, 0.15) is 32.5 Å². The number of imidazole rings is 1. The van der Waals surface area contributed by atoms with Crippen LogP contribution in [0.25, 0.3) is 0 Å². The molecule has 12 heteroatoms. The maximum absolute atomic E-state index is 12.7. The van der Waals surface area contributed by atoms with E-state index < -0.39 is 40.5 Å². The summed E-state index contributed by atoms with van der Waals surface area (Å²) < 4.78 is 33.3. The fourth-order valence-corrected chi connectivity index (χ4v) is 4.37. The van der Waals surface area contributed by atoms with Crippen LogP contribution < -0.4 is 10.6 Å². The first-order valence-electron chi connectivity index (χ1n) is 9.75. The molecule has 1 aromatic rings. The number of rotatable bonds is 7. The van der Waals surface area contributed by atoms with E-state index in [-0.39, 0.29) is 36.9 Å². The Kier molecular flexibility index (Phi) is 7.96. The van der Waals surface area contributed by atoms with Gasteiger partial charge in [0.15, 0.2) is 11.6 Å². The first-order chi connectivity index (χ1) is 14.0. The van der Waals surface area contributed by atoms with Gasteiger partial charge in [-0.25, -0.2) is 18.2 Å². The van der Waals surface area contributed by atoms with Gasteiger partial charge in [-0.05, 0) is 25.7 Å². The number of amides is 3. The highest BCUT2D eigenvalue weighted by Gasteiger charge is 2.34. The Bertz CT molecular complexity index is 867. The van der Waals surface area contributed by atoms with Crippen molar-refractivity contribution >= 4 is 27.9 Å². The quantitative estimate of drug-likeness (QED) is 0.572. The first kappa shape index (κ1) is 23.8. The summed E-state index contributed by atoms with van der Waals surface area (Å²) >= 11 is 0. The lowest BCUT2D eigenvalue weighted by Crippen LogP contribution is -2.43. The first-order valence-corrected chi connectivity index (χ1v) is 11.2. The number of carbonyl (C=O) groups is 3. The summed E-state index contributed by atoms with van der Waals surface area (Å²) in [4.78, 5) is 39.5. The molecule has 0 bridgehead atoms. The van der Waals surface area contributed by atoms with E-state index in [0.29, 0.717) is 12.4 Å². The Hall–Kier alpha value is -2.47. The zero-order chi connectivity index (χ0) is 22.5. The number of urea groups is 1. The summed E-state index contributed by atoms with van der Waals surface area (Å²) in [5, 5.41) is 4.59. The van der Waals surface area contributed by atoms with Crippen molar-refractivity contribution < 1.29 is 27.5 Å². The molecule has 3 amide bonds. The number of piperidine rings is 1. The summed E-state index contributed by atoms with van der Waals surface area (Å²) in [5.74, 6) is -0.999. The molecule has 1 aliphatic rings. The lowest BCUT2D eigenvalue weighted by atomic mass is 9.98. The van der Waals surface area contributed by atoms with Crippen molar-refractivity contribution in [1.29, 1.82) is 0 Å². The summed E-state index contributed by atoms with van der Waals surface area (Å²) in [6.45, 7) is 5.70. The highest BCUT2D eigenvalue weighted by molar-refractivity contribution is 7.89. The molecule has 168 valence electrons. The van der Waals surface area contributed by atoms with Crippen molar-refractivity contribution in [1.82, 2.24) is 24.5 Å². The number of carbonyl (C=O) groups excluding carboxylic acids is 3. The molecule has 1 saturated heterocycles. The molecule has 2 rings (SSSR count). The normalized spacial score (nSPS) is 15.8. The van der Waals surface area contributed by atoms with Gasteiger partial charge in [0.05, 0.1) is 5.92 Å². The molecule has 1 aromatic heterocycles. The van der Waals surface area contributed by atoms with E-state index in [1.165, 1.54) is 10.5 Å². The fraction of sp³-hybridized carbons (Fsp3) is 0.667. The molecule has 0 aliphatic carbocycles. The lowest BCUT2D eigenvalue weighted by molar-refractivity contribution is -0.153. The number of nitrogens with one attached hydrogen (secondary N) is 2. The van der Waals surface area contributed by atoms with Gasteiger partial charge in [0.25, 0.3) is 15.9 Å². The minimum atomic E-state index is -3.72. The van der Waals surface area contributed by atoms with E-state index in [2.05, 4.69) is 15.6 Å². The molecule has 30 heavy (non-hydrogen) atoms. The molecule has 0 spiro atoms. The molecule has 0 unspecified atom stereocenters. The van der Waals surface area contributed by atoms with Gasteiger partial charge in [0, 0.05) is 32.9 Å². The minimum Gasteiger partial charge on any atom is -0.455 e. The number of ether oxygens (including phenoxy) is 1. The average Bonchev–Trinajstić information content (AvgIpc) is 3.04. The monoisotopic (exact) mass is 443 g/mol. The smallest absolute Gasteiger partial charge is 0.321 e. The van der Waals surface area contributed by atoms with E-state index >= 15 is 0 Å². The van der Waals surface area contributed by atoms with Crippen LogP contribution in [0.5, 0.6) is 0 Å². The SMILES string of the molecule is Cc1nc(S(=O)(=O)N2CCC(C(=O)OCC(=O)NC(=O)NCC(C)C)CC2)cn1C. The molecule has 1 aliphatic heterocycles. The highest BCUT2D eigenvalue weighted by atomic mass is 32.2. The van der Waals surface area contributed by atoms with E-state index in [4.69, 9.17) is 4.74 Å². The van der Waals surface area contributed by atoms with E-state index in [9.17, 15) is 22.8 Å². The molecular formula is C18H29N5O6S. The summed E-state index contributed by atoms with van der Waals surface area (Å²) in [5.41, 5.74) is 0. The number of nitrogens with zero attached hydrogens (tertiary/aromatic N) is 3. The van der Waals surface area contributed by atoms with Gasteiger partial charge in [0.1, 0.15) is 5.82 Å². The van der Waals surface area contributed by atoms with Crippen LogP contribution in [-0.2, 0) is 31.4 Å². The zero-order valence-electron chi connectivity index (χ0n) is 17.7. The molecule has 2 N–H and O–H groups in total. The number of aryl methyl sites for hydroxylation is 2. The van der Waals surface area contributed by atoms with Crippen molar-refractivity contribution in [2.75, 3.05) is 26.2 Å². The zero-order valence-corrected chi connectivity index (χ0v) is 18.5. The van der Waals surface area contributed by atoms with E-state index in [0.717, 1.165) is 0 Å². The maximum Gasteiger partial charge on any atom is 0.321 e. The van der Waals surface area contributed by atoms with Crippen LogP contribution in [0.15, 0.2) is 11.2 Å². The molecule has 0 radical (unpaired) electrons. The van der Waals surface area contributed by atoms with Gasteiger partial charge in [-0.15, -0.1) is 0 Å². The van der Waals surface area contributed by atoms with E-state index in [1.807, 2.05) is 13.8 Å². The summed E-state index contributed by atoms with van der Waals surface area (Å²) in [6.07, 6.45) is 2.02. The highest BCUT2D eigenvalue weighted by Crippen LogP contribution is 2.24. The number of hydrogen-bond acceptors (Lipinski definition) is 7. The number of imide groups is 1. The van der Waals surface area contributed by atoms with Gasteiger partial charge in [-0.3, -0.25) is 14.9 Å². The average molecular weight is 444 g/mol. The molecule has 0 saturated carbocycles. The van der Waals surface area contributed by atoms with Gasteiger partial charge in [-0.2, -0.15) is 4.31 Å². The van der Waals surface area contributed by atoms with Crippen LogP contribution in [0, 0.1) is 18.8 Å². The molecule has 1 fully saturated rings. The van der Waals surface area contributed by atoms with Gasteiger partial charge < -0.3 is 14.6 Å². The van der Waals surface area contributed by atoms with Crippen LogP contribution in [0.4, 0.5) is 4.79 Å². The molecule has 2 heterocycles. The molecule has 11 nitrogen and oxygen atoms in total. The number of esters is 1. The second-order valence-electron chi connectivity index (χ2n) is 7.68. The van der Waals surface area contributed by atoms with Crippen molar-refractivity contribution in [2.45, 2.75) is 38.6 Å². The van der Waals surface area contributed by atoms with Crippen LogP contribution in [0.3, 0.4) is 0 Å². The third kappa shape index (κ3) is 6.26. The van der Waals surface area contributed by atoms with Crippen molar-refractivity contribution in [3.05, 3.63) is 12.0 Å². The summed E-state index contributed by atoms with van der Waals surface area (Å²) in [6, 6.07) is -0.645. The van der Waals surface area contributed by atoms with E-state index in [1.54, 1.807) is 18.5 Å². The topological polar surface area (TPSA) is 140 Å². The number of sulfonamides is 1. The standard InChI is InChI=1S/C18H29N5O6S/c1-12(2)9-19-18(26)21-15(24)11-29-17(25)14-5-7-23(8-6-14)30(27,28)16-10-22(4)13(3)20-16/h10,12,14H,5-9,11H2,1-4H3,(H2,19,21,24,26). The number of aromatic nitrogens is 2. The van der Waals surface area contributed by atoms with Crippen molar-refractivity contribution in [3.8, 4) is 0 Å². The Morgan fingerprint density at radius 2 is 1.90 bits per heavy atom. The third-order valence-corrected chi connectivity index (χ3v) is 6.52. The van der Waals surface area contributed by atoms with Gasteiger partial charge >= 0.3 is 12.0 Å². The van der Waals surface area contributed by atoms with Crippen LogP contribution in [0.2, 0.25) is 0 Å². The van der Waals surface area contributed by atoms with Gasteiger partial charge in [-0.1, -0.05) is 13.8 Å². The molecule has 0 atom stereocenters. The van der Waals surface area contributed by atoms with Gasteiger partial charge in [0.2, 0.25) is 0 Å². The van der Waals surface area contributed by atoms with Crippen molar-refractivity contribution in [2.24, 2.45) is 18.9 Å². The predicted octanol–water partition coefficient (Wildman–Crippen LogP) is 0.154. The lowest BCUT2D eigenvalue weighted by Gasteiger charge is -2.29. The maximum atomic E-state index is 12.7. The largest absolute Gasteiger partial charge is 0.455 e. The molecule has 0 aromatic carbocycles. The Morgan fingerprint density at radius 3 is 2.43 bits per heavy atom. The fourth-order valence-electron chi connectivity index (χ4n) is 2.87. The summed E-state index contributed by atoms with van der Waals surface area (Å²) in [7, 11) is -2.01. The van der Waals surface area contributed by atoms with Crippen molar-refractivity contribution in [3.63, 3.8) is 0 Å². The number of hydrogen-bond donors (Lipinski definition) is 2.